The Morgan fingerprint density at radius 2 is 1.76 bits per heavy atom. The average Bonchev–Trinajstić information content (AvgIpc) is 3.37. The molecule has 0 fully saturated rings. The number of fused-ring (bicyclic) bond motifs is 1. The lowest BCUT2D eigenvalue weighted by atomic mass is 10.2. The maximum absolute atomic E-state index is 13.1. The van der Waals surface area contributed by atoms with Crippen LogP contribution in [0.2, 0.25) is 0 Å². The van der Waals surface area contributed by atoms with Crippen LogP contribution in [0.25, 0.3) is 23.1 Å². The molecule has 0 aliphatic heterocycles. The third kappa shape index (κ3) is 8.48. The number of rotatable bonds is 14. The SMILES string of the molecule is [2H]C([2H])([2H])NC(=O)c1ccccc1Sc1ccc2c(/C=C/c3ccccn3)nn(C(=O)OCCOCCOCCOC)c2c1. The molecule has 0 aliphatic carbocycles. The number of nitrogens with one attached hydrogen (secondary N) is 1. The molecular formula is C30H32N4O6S. The third-order valence-corrected chi connectivity index (χ3v) is 6.75. The molecule has 10 nitrogen and oxygen atoms in total. The molecule has 2 aromatic carbocycles. The Balaban J connectivity index is 1.54. The van der Waals surface area contributed by atoms with Crippen molar-refractivity contribution in [2.45, 2.75) is 9.79 Å². The lowest BCUT2D eigenvalue weighted by molar-refractivity contribution is 0.0130. The van der Waals surface area contributed by atoms with Crippen molar-refractivity contribution in [3.63, 3.8) is 0 Å². The summed E-state index contributed by atoms with van der Waals surface area (Å²) in [6.45, 7) is -0.710. The van der Waals surface area contributed by atoms with Crippen LogP contribution in [0.3, 0.4) is 0 Å². The zero-order valence-corrected chi connectivity index (χ0v) is 23.3. The first-order valence-corrected chi connectivity index (χ1v) is 13.6. The number of carbonyl (C=O) groups excluding carboxylic acids is 2. The first-order valence-electron chi connectivity index (χ1n) is 14.3. The van der Waals surface area contributed by atoms with Gasteiger partial charge < -0.3 is 24.3 Å². The molecule has 2 aromatic heterocycles. The predicted octanol–water partition coefficient (Wildman–Crippen LogP) is 4.78. The van der Waals surface area contributed by atoms with E-state index >= 15 is 0 Å². The average molecular weight is 580 g/mol. The van der Waals surface area contributed by atoms with Crippen LogP contribution in [-0.4, -0.2) is 80.5 Å². The second kappa shape index (κ2) is 15.7. The summed E-state index contributed by atoms with van der Waals surface area (Å²) in [4.78, 5) is 31.3. The van der Waals surface area contributed by atoms with E-state index in [-0.39, 0.29) is 18.8 Å². The van der Waals surface area contributed by atoms with Gasteiger partial charge in [0, 0.05) is 39.6 Å². The number of nitrogens with zero attached hydrogens (tertiary/aromatic N) is 3. The molecule has 4 rings (SSSR count). The molecule has 0 unspecified atom stereocenters. The minimum Gasteiger partial charge on any atom is -0.445 e. The topological polar surface area (TPSA) is 114 Å². The Hall–Kier alpha value is -4.03. The van der Waals surface area contributed by atoms with Gasteiger partial charge >= 0.3 is 6.09 Å². The van der Waals surface area contributed by atoms with Crippen LogP contribution in [0.5, 0.6) is 0 Å². The summed E-state index contributed by atoms with van der Waals surface area (Å²) in [5.74, 6) is -0.714. The van der Waals surface area contributed by atoms with E-state index in [1.165, 1.54) is 16.4 Å². The maximum Gasteiger partial charge on any atom is 0.435 e. The fraction of sp³-hybridized carbons (Fsp3) is 0.267. The highest BCUT2D eigenvalue weighted by molar-refractivity contribution is 7.99. The summed E-state index contributed by atoms with van der Waals surface area (Å²) in [6, 6.07) is 17.6. The van der Waals surface area contributed by atoms with Gasteiger partial charge in [0.25, 0.3) is 5.91 Å². The van der Waals surface area contributed by atoms with Crippen molar-refractivity contribution < 1.29 is 32.6 Å². The monoisotopic (exact) mass is 579 g/mol. The number of ether oxygens (including phenoxy) is 4. The highest BCUT2D eigenvalue weighted by Gasteiger charge is 2.18. The normalized spacial score (nSPS) is 12.7. The van der Waals surface area contributed by atoms with E-state index in [4.69, 9.17) is 23.1 Å². The molecule has 0 spiro atoms. The van der Waals surface area contributed by atoms with Gasteiger partial charge in [-0.3, -0.25) is 9.78 Å². The van der Waals surface area contributed by atoms with Crippen molar-refractivity contribution >= 4 is 46.8 Å². The van der Waals surface area contributed by atoms with Crippen molar-refractivity contribution in [2.75, 3.05) is 53.7 Å². The largest absolute Gasteiger partial charge is 0.445 e. The van der Waals surface area contributed by atoms with Crippen LogP contribution >= 0.6 is 11.8 Å². The van der Waals surface area contributed by atoms with Crippen LogP contribution in [0, 0.1) is 0 Å². The third-order valence-electron chi connectivity index (χ3n) is 5.68. The Kier molecular flexibility index (Phi) is 9.91. The summed E-state index contributed by atoms with van der Waals surface area (Å²) in [6.07, 6.45) is 4.55. The molecule has 1 N–H and O–H groups in total. The summed E-state index contributed by atoms with van der Waals surface area (Å²) in [5, 5.41) is 7.23. The van der Waals surface area contributed by atoms with Crippen molar-refractivity contribution in [1.29, 1.82) is 0 Å². The van der Waals surface area contributed by atoms with Gasteiger partial charge in [-0.15, -0.1) is 0 Å². The van der Waals surface area contributed by atoms with E-state index in [2.05, 4.69) is 10.1 Å². The summed E-state index contributed by atoms with van der Waals surface area (Å²) in [7, 11) is 1.60. The molecule has 214 valence electrons. The molecule has 1 amide bonds. The second-order valence-electron chi connectivity index (χ2n) is 8.45. The molecule has 0 bridgehead atoms. The molecule has 0 aliphatic rings. The minimum absolute atomic E-state index is 0.0117. The van der Waals surface area contributed by atoms with Crippen LogP contribution in [0.15, 0.2) is 76.7 Å². The summed E-state index contributed by atoms with van der Waals surface area (Å²) < 4.78 is 44.5. The van der Waals surface area contributed by atoms with Gasteiger partial charge in [-0.1, -0.05) is 30.0 Å². The number of amides is 1. The highest BCUT2D eigenvalue weighted by Crippen LogP contribution is 2.33. The number of carbonyl (C=O) groups is 2. The van der Waals surface area contributed by atoms with Gasteiger partial charge in [-0.25, -0.2) is 4.79 Å². The van der Waals surface area contributed by atoms with Crippen molar-refractivity contribution in [3.05, 3.63) is 83.8 Å². The van der Waals surface area contributed by atoms with E-state index < -0.39 is 19.0 Å². The standard InChI is InChI=1S/C30H32N4O6S/c1-31-29(35)25-8-3-4-9-28(25)41-23-11-12-24-26(13-10-22-7-5-6-14-32-22)33-34(27(24)21-23)30(36)40-20-19-39-18-17-38-16-15-37-2/h3-14,21H,15-20H2,1-2H3,(H,31,35)/b13-10+/i1D3. The van der Waals surface area contributed by atoms with Gasteiger partial charge in [0.15, 0.2) is 0 Å². The molecule has 2 heterocycles. The number of hydrogen-bond donors (Lipinski definition) is 1. The van der Waals surface area contributed by atoms with E-state index in [0.717, 1.165) is 5.69 Å². The Morgan fingerprint density at radius 3 is 2.54 bits per heavy atom. The van der Waals surface area contributed by atoms with Crippen LogP contribution in [-0.2, 0) is 18.9 Å². The van der Waals surface area contributed by atoms with Crippen LogP contribution in [0.1, 0.15) is 25.9 Å². The highest BCUT2D eigenvalue weighted by atomic mass is 32.2. The lowest BCUT2D eigenvalue weighted by Gasteiger charge is -2.09. The van der Waals surface area contributed by atoms with E-state index in [1.54, 1.807) is 55.8 Å². The van der Waals surface area contributed by atoms with E-state index in [9.17, 15) is 9.59 Å². The number of benzene rings is 2. The Labute approximate surface area is 246 Å². The van der Waals surface area contributed by atoms with Crippen molar-refractivity contribution in [1.82, 2.24) is 20.1 Å². The zero-order chi connectivity index (χ0) is 31.4. The Bertz CT molecular complexity index is 1580. The molecule has 0 saturated heterocycles. The minimum atomic E-state index is -2.62. The predicted molar refractivity (Wildman–Crippen MR) is 157 cm³/mol. The number of hydrogen-bond acceptors (Lipinski definition) is 9. The number of aromatic nitrogens is 3. The van der Waals surface area contributed by atoms with E-state index in [1.807, 2.05) is 35.6 Å². The fourth-order valence-corrected chi connectivity index (χ4v) is 4.71. The summed E-state index contributed by atoms with van der Waals surface area (Å²) in [5.41, 5.74) is 1.95. The molecule has 41 heavy (non-hydrogen) atoms. The maximum atomic E-state index is 13.1. The van der Waals surface area contributed by atoms with Gasteiger partial charge in [-0.2, -0.15) is 9.78 Å². The van der Waals surface area contributed by atoms with Crippen LogP contribution < -0.4 is 5.32 Å². The van der Waals surface area contributed by atoms with Crippen LogP contribution in [0.4, 0.5) is 4.79 Å². The fourth-order valence-electron chi connectivity index (χ4n) is 3.73. The molecule has 11 heteroatoms. The first-order chi connectivity index (χ1) is 21.2. The van der Waals surface area contributed by atoms with Crippen molar-refractivity contribution in [3.8, 4) is 0 Å². The Morgan fingerprint density at radius 1 is 0.976 bits per heavy atom. The zero-order valence-electron chi connectivity index (χ0n) is 25.4. The molecule has 0 saturated carbocycles. The van der Waals surface area contributed by atoms with Gasteiger partial charge in [0.05, 0.1) is 55.5 Å². The molecule has 0 atom stereocenters. The number of pyridine rings is 1. The molecular weight excluding hydrogens is 544 g/mol. The smallest absolute Gasteiger partial charge is 0.435 e. The quantitative estimate of drug-likeness (QED) is 0.211. The number of methoxy groups -OCH3 is 1. The van der Waals surface area contributed by atoms with Crippen molar-refractivity contribution in [2.24, 2.45) is 0 Å². The first kappa shape index (κ1) is 25.9. The van der Waals surface area contributed by atoms with Gasteiger partial charge in [0.1, 0.15) is 6.61 Å². The second-order valence-corrected chi connectivity index (χ2v) is 9.56. The molecule has 4 aromatic rings. The lowest BCUT2D eigenvalue weighted by Crippen LogP contribution is -2.19. The van der Waals surface area contributed by atoms with Gasteiger partial charge in [-0.05, 0) is 54.6 Å². The summed E-state index contributed by atoms with van der Waals surface area (Å²) >= 11 is 1.25. The van der Waals surface area contributed by atoms with E-state index in [0.29, 0.717) is 52.8 Å². The molecule has 0 radical (unpaired) electrons. The van der Waals surface area contributed by atoms with Gasteiger partial charge in [0.2, 0.25) is 0 Å².